The van der Waals surface area contributed by atoms with Gasteiger partial charge in [-0.15, -0.1) is 0 Å². The second-order valence-corrected chi connectivity index (χ2v) is 39.2. The first-order chi connectivity index (χ1) is 69.4. The minimum atomic E-state index is 0.925. The molecule has 0 bridgehead atoms. The molecule has 12 heteroatoms. The third-order valence-corrected chi connectivity index (χ3v) is 32.4. The van der Waals surface area contributed by atoms with E-state index in [0.717, 1.165) is 162 Å². The Morgan fingerprint density at radius 2 is 0.421 bits per heavy atom. The number of nitrogens with zero attached hydrogens (tertiary/aromatic N) is 12. The summed E-state index contributed by atoms with van der Waals surface area (Å²) in [6.07, 6.45) is 15.4. The molecular weight excluding hydrogens is 1710 g/mol. The molecule has 140 heavy (non-hydrogen) atoms. The number of benzene rings is 16. The predicted molar refractivity (Wildman–Crippen MR) is 568 cm³/mol. The molecule has 12 nitrogen and oxygen atoms in total. The third-order valence-electron chi connectivity index (χ3n) is 32.4. The largest absolute Gasteiger partial charge is 0.290 e. The van der Waals surface area contributed by atoms with Gasteiger partial charge in [-0.2, -0.15) is 0 Å². The maximum atomic E-state index is 5.18. The number of hydrogen-bond donors (Lipinski definition) is 0. The van der Waals surface area contributed by atoms with E-state index in [1.807, 2.05) is 49.1 Å². The Morgan fingerprint density at radius 3 is 0.886 bits per heavy atom. The zero-order valence-electron chi connectivity index (χ0n) is 75.7. The molecule has 8 aliphatic rings. The van der Waals surface area contributed by atoms with Crippen LogP contribution in [0, 0.1) is 0 Å². The molecule has 0 spiro atoms. The lowest BCUT2D eigenvalue weighted by Crippen LogP contribution is -1.96. The lowest BCUT2D eigenvalue weighted by Gasteiger charge is -2.12. The minimum absolute atomic E-state index is 0.925. The Labute approximate surface area is 799 Å². The number of fused-ring (bicyclic) bond motifs is 63. The second kappa shape index (κ2) is 27.9. The highest BCUT2D eigenvalue weighted by Crippen LogP contribution is 2.56. The third kappa shape index (κ3) is 10.2. The van der Waals surface area contributed by atoms with Crippen LogP contribution >= 0.6 is 0 Å². The van der Waals surface area contributed by atoms with Gasteiger partial charge in [0.1, 0.15) is 22.6 Å². The molecule has 0 fully saturated rings. The van der Waals surface area contributed by atoms with Crippen LogP contribution in [0.3, 0.4) is 0 Å². The molecule has 12 heterocycles. The number of pyridine rings is 8. The van der Waals surface area contributed by atoms with Crippen molar-refractivity contribution in [3.63, 3.8) is 0 Å². The number of imidazole rings is 4. The van der Waals surface area contributed by atoms with E-state index >= 15 is 0 Å². The Morgan fingerprint density at radius 1 is 0.164 bits per heavy atom. The average molecular weight is 1780 g/mol. The van der Waals surface area contributed by atoms with Crippen molar-refractivity contribution in [1.82, 2.24) is 57.5 Å². The standard InChI is InChI=1S/4C32H19N3/c1-2-7-20-18(6-1)16-24-21(20)12-11-19-17-25-22(29(19)24)13-14-23-30(25)32-34-26-8-3-4-9-27(26)35(32)28-10-5-15-33-31(23)28;1-2-7-20-18(6-1)16-19-11-12-21-22-13-14-23-30(25(22)17-24(21)29(19)20)32-34-26-8-3-4-9-27(26)35(32)28-10-5-15-33-31(23)28;1-2-7-19-18(6-1)16-24-20(19)11-12-21-22-13-14-23-30(26(22)17-25(21)24)32-34-27-8-3-4-9-28(27)35(32)29-10-5-15-33-31(23)29;1-2-7-21-18(6-1)14-19-15-25-20(16-24(19)21)17-26-22(25)11-12-23-30(26)32-34-27-8-3-4-9-28(27)35(32)29-10-5-13-33-31(23)29/h3*1-15H,16-17H2;1-13,15-16H,14,17H2. The van der Waals surface area contributed by atoms with Gasteiger partial charge in [0.25, 0.3) is 0 Å². The molecule has 0 amide bonds. The van der Waals surface area contributed by atoms with Gasteiger partial charge >= 0.3 is 0 Å². The summed E-state index contributed by atoms with van der Waals surface area (Å²) in [5, 5.41) is 9.71. The molecule has 0 unspecified atom stereocenters. The van der Waals surface area contributed by atoms with Crippen LogP contribution in [-0.2, 0) is 51.4 Å². The molecule has 0 N–H and O–H groups in total. The van der Waals surface area contributed by atoms with Crippen molar-refractivity contribution < 1.29 is 0 Å². The van der Waals surface area contributed by atoms with Crippen molar-refractivity contribution in [2.24, 2.45) is 0 Å². The van der Waals surface area contributed by atoms with Crippen molar-refractivity contribution in [3.8, 4) is 89.0 Å². The fourth-order valence-electron chi connectivity index (χ4n) is 26.6. The Kier molecular flexibility index (Phi) is 15.0. The topological polar surface area (TPSA) is 121 Å². The summed E-state index contributed by atoms with van der Waals surface area (Å²) in [6, 6.07) is 123. The molecule has 36 rings (SSSR count). The van der Waals surface area contributed by atoms with E-state index < -0.39 is 0 Å². The van der Waals surface area contributed by atoms with Gasteiger partial charge in [-0.25, -0.2) is 19.9 Å². The molecule has 16 aromatic carbocycles. The van der Waals surface area contributed by atoms with Crippen molar-refractivity contribution in [3.05, 3.63) is 454 Å². The van der Waals surface area contributed by atoms with E-state index in [4.69, 9.17) is 39.9 Å². The fraction of sp³-hybridized carbons (Fsp3) is 0.0625. The van der Waals surface area contributed by atoms with Crippen LogP contribution in [0.5, 0.6) is 0 Å². The molecule has 0 saturated heterocycles. The number of para-hydroxylation sites is 8. The van der Waals surface area contributed by atoms with E-state index in [-0.39, 0.29) is 0 Å². The van der Waals surface area contributed by atoms with E-state index in [1.54, 1.807) is 0 Å². The molecule has 648 valence electrons. The molecule has 0 radical (unpaired) electrons. The van der Waals surface area contributed by atoms with Crippen molar-refractivity contribution in [2.75, 3.05) is 0 Å². The van der Waals surface area contributed by atoms with Gasteiger partial charge in [0.15, 0.2) is 0 Å². The summed E-state index contributed by atoms with van der Waals surface area (Å²) < 4.78 is 9.23. The summed E-state index contributed by atoms with van der Waals surface area (Å²) in [5.41, 5.74) is 66.4. The summed E-state index contributed by atoms with van der Waals surface area (Å²) in [5.74, 6) is 0. The molecule has 28 aromatic rings. The quantitative estimate of drug-likeness (QED) is 0.138. The van der Waals surface area contributed by atoms with Crippen LogP contribution in [0.15, 0.2) is 365 Å². The molecule has 0 aliphatic heterocycles. The SMILES string of the molecule is c1ccc2c(c1)Cc1c-2ccc2c1-c1ccc3c4ncccc4n4c5ccccc5nc4c3c1C2.c1ccc2c(c1)Cc1c-2ccc2c1Cc1c-2ccc2c3ncccc3n3c4ccccc4nc3c12.c1ccc2c(c1)Cc1cc3c(cc1-2)Cc1c-3ccc2c3ncccc3n3c4ccccc4nc3c12.c1ccc2c(c1)Cc1ccc3c(c1-2)Cc1c-3ccc2c3ncccc3n3c4ccccc4nc3c12. The molecule has 0 atom stereocenters. The molecule has 0 saturated carbocycles. The lowest BCUT2D eigenvalue weighted by molar-refractivity contribution is 1.17. The second-order valence-electron chi connectivity index (χ2n) is 39.2. The van der Waals surface area contributed by atoms with E-state index in [1.165, 1.54) is 221 Å². The Hall–Kier alpha value is -18.0. The Balaban J connectivity index is 0.0000000829. The zero-order valence-corrected chi connectivity index (χ0v) is 75.7. The first kappa shape index (κ1) is 75.3. The van der Waals surface area contributed by atoms with Gasteiger partial charge in [-0.3, -0.25) is 37.5 Å². The Bertz CT molecular complexity index is 10600. The van der Waals surface area contributed by atoms with Crippen LogP contribution in [0.4, 0.5) is 0 Å². The summed E-state index contributed by atoms with van der Waals surface area (Å²) in [7, 11) is 0. The van der Waals surface area contributed by atoms with Gasteiger partial charge in [0, 0.05) is 74.3 Å². The number of aromatic nitrogens is 12. The highest BCUT2D eigenvalue weighted by Gasteiger charge is 2.37. The van der Waals surface area contributed by atoms with Gasteiger partial charge in [0.05, 0.1) is 88.3 Å². The smallest absolute Gasteiger partial charge is 0.146 e. The maximum absolute atomic E-state index is 5.18. The summed E-state index contributed by atoms with van der Waals surface area (Å²) >= 11 is 0. The highest BCUT2D eigenvalue weighted by atomic mass is 15.1. The minimum Gasteiger partial charge on any atom is -0.290 e. The first-order valence-corrected chi connectivity index (χ1v) is 48.8. The van der Waals surface area contributed by atoms with Gasteiger partial charge < -0.3 is 0 Å². The van der Waals surface area contributed by atoms with Crippen molar-refractivity contribution in [2.45, 2.75) is 51.4 Å². The molecule has 8 aliphatic carbocycles. The van der Waals surface area contributed by atoms with E-state index in [2.05, 4.69) is 333 Å². The molecular formula is C128H76N12. The van der Waals surface area contributed by atoms with Crippen LogP contribution in [0.25, 0.3) is 243 Å². The number of hydrogen-bond acceptors (Lipinski definition) is 8. The van der Waals surface area contributed by atoms with Crippen molar-refractivity contribution in [1.29, 1.82) is 0 Å². The number of rotatable bonds is 0. The van der Waals surface area contributed by atoms with Gasteiger partial charge in [0.2, 0.25) is 0 Å². The molecule has 12 aromatic heterocycles. The lowest BCUT2D eigenvalue weighted by atomic mass is 9.94. The van der Waals surface area contributed by atoms with E-state index in [0.29, 0.717) is 0 Å². The van der Waals surface area contributed by atoms with Crippen LogP contribution in [0.1, 0.15) is 89.0 Å². The van der Waals surface area contributed by atoms with Crippen molar-refractivity contribution >= 4 is 154 Å². The zero-order chi connectivity index (χ0) is 90.7. The van der Waals surface area contributed by atoms with Gasteiger partial charge in [-0.1, -0.05) is 231 Å². The van der Waals surface area contributed by atoms with Gasteiger partial charge in [-0.05, 0) is 332 Å². The summed E-state index contributed by atoms with van der Waals surface area (Å²) in [4.78, 5) is 40.1. The first-order valence-electron chi connectivity index (χ1n) is 48.8. The average Bonchev–Trinajstić information content (AvgIpc) is 1.55. The summed E-state index contributed by atoms with van der Waals surface area (Å²) in [6.45, 7) is 0. The highest BCUT2D eigenvalue weighted by molar-refractivity contribution is 6.21. The van der Waals surface area contributed by atoms with E-state index in [9.17, 15) is 0 Å². The van der Waals surface area contributed by atoms with Crippen LogP contribution in [0.2, 0.25) is 0 Å². The fourth-order valence-corrected chi connectivity index (χ4v) is 26.6. The monoisotopic (exact) mass is 1780 g/mol. The van der Waals surface area contributed by atoms with Crippen LogP contribution < -0.4 is 0 Å². The maximum Gasteiger partial charge on any atom is 0.146 e. The normalized spacial score (nSPS) is 13.5. The van der Waals surface area contributed by atoms with Crippen LogP contribution in [-0.4, -0.2) is 57.5 Å². The predicted octanol–water partition coefficient (Wildman–Crippen LogP) is 29.3.